The molecule has 0 N–H and O–H groups in total. The van der Waals surface area contributed by atoms with Gasteiger partial charge in [-0.25, -0.2) is 0 Å². The van der Waals surface area contributed by atoms with Gasteiger partial charge in [-0.15, -0.1) is 0 Å². The van der Waals surface area contributed by atoms with Crippen LogP contribution in [0.25, 0.3) is 0 Å². The van der Waals surface area contributed by atoms with E-state index in [1.807, 2.05) is 0 Å². The normalized spacial score (nSPS) is 2.71. The summed E-state index contributed by atoms with van der Waals surface area (Å²) >= 11 is -6.75. The van der Waals surface area contributed by atoms with Gasteiger partial charge in [0.2, 0.25) is 0 Å². The van der Waals surface area contributed by atoms with Crippen molar-refractivity contribution >= 4 is 31.0 Å². The second kappa shape index (κ2) is 88.6. The molecule has 14 heavy (non-hydrogen) atoms. The molecule has 0 aliphatic carbocycles. The van der Waals surface area contributed by atoms with E-state index in [1.54, 1.807) is 0 Å². The molecule has 0 aromatic carbocycles. The van der Waals surface area contributed by atoms with Crippen molar-refractivity contribution in [3.63, 3.8) is 0 Å². The Hall–Kier alpha value is 1.41. The summed E-state index contributed by atoms with van der Waals surface area (Å²) in [4.78, 5) is 0. The van der Waals surface area contributed by atoms with Crippen LogP contribution in [0.3, 0.4) is 0 Å². The predicted octanol–water partition coefficient (Wildman–Crippen LogP) is -3.98. The van der Waals surface area contributed by atoms with Gasteiger partial charge < -0.3 is 0 Å². The molecular weight excluding hydrogens is 342 g/mol. The van der Waals surface area contributed by atoms with Gasteiger partial charge in [0.15, 0.2) is 0 Å². The molecule has 0 aromatic rings. The first-order valence-corrected chi connectivity index (χ1v) is 7.04. The van der Waals surface area contributed by atoms with Crippen molar-refractivity contribution in [3.05, 3.63) is 0 Å². The van der Waals surface area contributed by atoms with E-state index in [9.17, 15) is 0 Å². The summed E-state index contributed by atoms with van der Waals surface area (Å²) in [6.45, 7) is 0. The summed E-state index contributed by atoms with van der Waals surface area (Å²) in [6, 6.07) is 0. The summed E-state index contributed by atoms with van der Waals surface area (Å²) < 4.78 is 76.1. The predicted molar refractivity (Wildman–Crippen MR) is 16.3 cm³/mol. The molecule has 0 saturated heterocycles. The van der Waals surface area contributed by atoms with Crippen LogP contribution in [-0.2, 0) is 82.8 Å². The molecule has 0 unspecified atom stereocenters. The maximum atomic E-state index is 8.50. The molecule has 0 aromatic heterocycles. The Morgan fingerprint density at radius 3 is 0.786 bits per heavy atom. The Bertz CT molecular complexity index is 137. The fraction of sp³-hybridized carbons (Fsp3) is 0. The topological polar surface area (TPSA) is 166 Å². The van der Waals surface area contributed by atoms with Crippen molar-refractivity contribution < 1.29 is 91.1 Å². The van der Waals surface area contributed by atoms with Gasteiger partial charge in [0.25, 0.3) is 0 Å². The Labute approximate surface area is 120 Å². The summed E-state index contributed by atoms with van der Waals surface area (Å²) in [7, 11) is 0. The van der Waals surface area contributed by atoms with Crippen molar-refractivity contribution in [1.82, 2.24) is 0 Å². The Morgan fingerprint density at radius 1 is 0.786 bits per heavy atom. The van der Waals surface area contributed by atoms with Crippen LogP contribution in [0.1, 0.15) is 0 Å². The van der Waals surface area contributed by atoms with E-state index in [-0.39, 0.29) is 0 Å². The third-order valence-electron chi connectivity index (χ3n) is 0. The van der Waals surface area contributed by atoms with Gasteiger partial charge in [0.05, 0.1) is 0 Å². The minimum absolute atomic E-state index is 0.750. The molecule has 0 spiro atoms. The van der Waals surface area contributed by atoms with Crippen molar-refractivity contribution in [2.24, 2.45) is 0 Å². The molecule has 0 bridgehead atoms. The zero-order valence-corrected chi connectivity index (χ0v) is 13.3. The molecule has 0 saturated carbocycles. The molecule has 0 fully saturated rings. The third-order valence-corrected chi connectivity index (χ3v) is 0. The molecule has 0 rings (SSSR count). The van der Waals surface area contributed by atoms with E-state index in [4.69, 9.17) is 32.5 Å². The van der Waals surface area contributed by atoms with Crippen LogP contribution in [0.2, 0.25) is 0 Å². The van der Waals surface area contributed by atoms with E-state index >= 15 is 0 Å². The molecule has 9 nitrogen and oxygen atoms in total. The van der Waals surface area contributed by atoms with Crippen LogP contribution >= 0.6 is 0 Å². The molecule has 14 heteroatoms. The van der Waals surface area contributed by atoms with Crippen LogP contribution in [-0.4, -0.2) is 31.0 Å². The monoisotopic (exact) mass is 342 g/mol. The quantitative estimate of drug-likeness (QED) is 0.399. The van der Waals surface area contributed by atoms with E-state index < -0.39 is 69.2 Å². The molecule has 0 atom stereocenters. The van der Waals surface area contributed by atoms with E-state index in [2.05, 4.69) is 0 Å². The molecular formula is Al2O9Ti3. The average Bonchev–Trinajstić information content (AvgIpc) is 2.12. The van der Waals surface area contributed by atoms with Crippen LogP contribution < -0.4 is 8.32 Å². The van der Waals surface area contributed by atoms with Crippen LogP contribution in [0.4, 0.5) is 0 Å². The van der Waals surface area contributed by atoms with Crippen LogP contribution in [0.15, 0.2) is 0 Å². The van der Waals surface area contributed by atoms with Gasteiger partial charge in [-0.3, -0.25) is 0 Å². The van der Waals surface area contributed by atoms with Gasteiger partial charge in [-0.1, -0.05) is 0 Å². The van der Waals surface area contributed by atoms with Gasteiger partial charge >= 0.3 is 122 Å². The zero-order valence-electron chi connectivity index (χ0n) is 6.33. The first kappa shape index (κ1) is 29.5. The second-order valence-electron chi connectivity index (χ2n) is 0.359. The number of hydrogen-bond acceptors (Lipinski definition) is 9. The summed E-state index contributed by atoms with van der Waals surface area (Å²) in [5.74, 6) is 0. The second-order valence-corrected chi connectivity index (χ2v) is 1.26. The van der Waals surface area contributed by atoms with Gasteiger partial charge in [-0.05, 0) is 0 Å². The standard InChI is InChI=1S/2Al.9O.3Ti/q;;;;;;;;;2*-1;;;+2. The van der Waals surface area contributed by atoms with Crippen molar-refractivity contribution in [1.29, 1.82) is 0 Å². The molecule has 0 heterocycles. The summed E-state index contributed by atoms with van der Waals surface area (Å²) in [6.07, 6.45) is 0. The molecule has 0 radical (unpaired) electrons. The van der Waals surface area contributed by atoms with Crippen LogP contribution in [0.5, 0.6) is 0 Å². The van der Waals surface area contributed by atoms with E-state index in [1.165, 1.54) is 0 Å². The number of hydrogen-bond donors (Lipinski definition) is 0. The Morgan fingerprint density at radius 2 is 0.786 bits per heavy atom. The summed E-state index contributed by atoms with van der Waals surface area (Å²) in [5, 5.41) is 0. The fourth-order valence-corrected chi connectivity index (χ4v) is 0. The van der Waals surface area contributed by atoms with E-state index in [0.29, 0.717) is 0 Å². The zero-order chi connectivity index (χ0) is 12.8. The minimum atomic E-state index is -2.00. The third kappa shape index (κ3) is 1040. The van der Waals surface area contributed by atoms with Crippen molar-refractivity contribution in [2.45, 2.75) is 0 Å². The molecule has 0 aliphatic rings. The van der Waals surface area contributed by atoms with Crippen molar-refractivity contribution in [2.75, 3.05) is 0 Å². The average molecular weight is 342 g/mol. The molecule has 72 valence electrons. The van der Waals surface area contributed by atoms with E-state index in [0.717, 1.165) is 20.4 Å². The van der Waals surface area contributed by atoms with Gasteiger partial charge in [0, 0.05) is 0 Å². The first-order valence-electron chi connectivity index (χ1n) is 1.96. The maximum absolute atomic E-state index is 8.50. The van der Waals surface area contributed by atoms with Gasteiger partial charge in [0.1, 0.15) is 0 Å². The SMILES string of the molecule is [O]=[Al][O-].[O]=[Al][O-].[O]=[Ti+2].[O]=[Ti]=[O].[O]=[Ti]=[O]. The fourth-order valence-electron chi connectivity index (χ4n) is 0. The molecule has 0 amide bonds. The summed E-state index contributed by atoms with van der Waals surface area (Å²) in [5.41, 5.74) is 0. The molecule has 0 aliphatic heterocycles. The number of rotatable bonds is 0. The van der Waals surface area contributed by atoms with Crippen LogP contribution in [0, 0.1) is 0 Å². The first-order chi connectivity index (χ1) is 6.66. The van der Waals surface area contributed by atoms with Gasteiger partial charge in [-0.2, -0.15) is 0 Å². The Kier molecular flexibility index (Phi) is 187. The van der Waals surface area contributed by atoms with Crippen molar-refractivity contribution in [3.8, 4) is 0 Å². The Balaban J connectivity index is -0.0000000243.